The van der Waals surface area contributed by atoms with Gasteiger partial charge in [-0.15, -0.1) is 0 Å². The lowest BCUT2D eigenvalue weighted by molar-refractivity contribution is -0.137. The normalized spacial score (nSPS) is 32.6. The summed E-state index contributed by atoms with van der Waals surface area (Å²) in [4.78, 5) is 28.3. The van der Waals surface area contributed by atoms with Gasteiger partial charge in [0.25, 0.3) is 0 Å². The minimum atomic E-state index is 0.00523. The highest BCUT2D eigenvalue weighted by Crippen LogP contribution is 2.23. The third kappa shape index (κ3) is 2.76. The van der Waals surface area contributed by atoms with Crippen molar-refractivity contribution in [1.29, 1.82) is 0 Å². The number of carbonyl (C=O) groups is 2. The van der Waals surface area contributed by atoms with Crippen molar-refractivity contribution in [2.75, 3.05) is 32.7 Å². The van der Waals surface area contributed by atoms with E-state index >= 15 is 0 Å². The summed E-state index contributed by atoms with van der Waals surface area (Å²) in [6.45, 7) is 4.64. The van der Waals surface area contributed by atoms with Crippen LogP contribution < -0.4 is 5.32 Å². The van der Waals surface area contributed by atoms with Gasteiger partial charge in [-0.05, 0) is 32.2 Å². The van der Waals surface area contributed by atoms with Crippen LogP contribution in [0.3, 0.4) is 0 Å². The van der Waals surface area contributed by atoms with Crippen molar-refractivity contribution < 1.29 is 9.59 Å². The Hall–Kier alpha value is -1.10. The standard InChI is InChI=1S/C14H23N3O2/c18-13-5-4-11(9-15-13)14(19)17-8-2-7-16-6-1-3-12(16)10-17/h11-12H,1-10H2,(H,15,18). The van der Waals surface area contributed by atoms with E-state index in [9.17, 15) is 9.59 Å². The van der Waals surface area contributed by atoms with Crippen LogP contribution in [0.4, 0.5) is 0 Å². The summed E-state index contributed by atoms with van der Waals surface area (Å²) in [5, 5.41) is 2.82. The van der Waals surface area contributed by atoms with E-state index in [0.29, 0.717) is 19.0 Å². The molecule has 0 aliphatic carbocycles. The number of hydrogen-bond acceptors (Lipinski definition) is 3. The summed E-state index contributed by atoms with van der Waals surface area (Å²) in [6, 6.07) is 0.574. The third-order valence-corrected chi connectivity index (χ3v) is 4.73. The Morgan fingerprint density at radius 2 is 2.00 bits per heavy atom. The molecule has 1 N–H and O–H groups in total. The first-order valence-corrected chi connectivity index (χ1v) is 7.53. The maximum absolute atomic E-state index is 12.6. The van der Waals surface area contributed by atoms with E-state index in [4.69, 9.17) is 0 Å². The molecule has 19 heavy (non-hydrogen) atoms. The van der Waals surface area contributed by atoms with Crippen LogP contribution in [-0.2, 0) is 9.59 Å². The van der Waals surface area contributed by atoms with Crippen molar-refractivity contribution in [3.63, 3.8) is 0 Å². The molecule has 0 bridgehead atoms. The summed E-state index contributed by atoms with van der Waals surface area (Å²) in [7, 11) is 0. The average Bonchev–Trinajstić information content (AvgIpc) is 2.76. The Morgan fingerprint density at radius 1 is 1.16 bits per heavy atom. The first-order valence-electron chi connectivity index (χ1n) is 7.53. The van der Waals surface area contributed by atoms with Gasteiger partial charge in [-0.3, -0.25) is 14.5 Å². The zero-order valence-corrected chi connectivity index (χ0v) is 11.4. The molecule has 2 amide bonds. The molecule has 2 atom stereocenters. The molecule has 0 saturated carbocycles. The summed E-state index contributed by atoms with van der Waals surface area (Å²) in [6.07, 6.45) is 4.80. The Bertz CT molecular complexity index is 362. The van der Waals surface area contributed by atoms with Crippen molar-refractivity contribution >= 4 is 11.8 Å². The molecule has 5 heteroatoms. The fourth-order valence-electron chi connectivity index (χ4n) is 3.61. The Kier molecular flexibility index (Phi) is 3.73. The van der Waals surface area contributed by atoms with Gasteiger partial charge in [0, 0.05) is 38.6 Å². The van der Waals surface area contributed by atoms with Crippen LogP contribution in [-0.4, -0.2) is 60.4 Å². The smallest absolute Gasteiger partial charge is 0.227 e. The Labute approximate surface area is 114 Å². The Balaban J connectivity index is 1.61. The second kappa shape index (κ2) is 5.49. The van der Waals surface area contributed by atoms with Gasteiger partial charge in [0.15, 0.2) is 0 Å². The fourth-order valence-corrected chi connectivity index (χ4v) is 3.61. The molecule has 3 aliphatic rings. The maximum Gasteiger partial charge on any atom is 0.227 e. The number of nitrogens with one attached hydrogen (secondary N) is 1. The van der Waals surface area contributed by atoms with Crippen molar-refractivity contribution in [2.45, 2.75) is 38.1 Å². The van der Waals surface area contributed by atoms with Gasteiger partial charge in [-0.25, -0.2) is 0 Å². The van der Waals surface area contributed by atoms with Crippen molar-refractivity contribution in [3.05, 3.63) is 0 Å². The van der Waals surface area contributed by atoms with E-state index in [2.05, 4.69) is 15.1 Å². The minimum absolute atomic E-state index is 0.00523. The van der Waals surface area contributed by atoms with Crippen LogP contribution in [0.5, 0.6) is 0 Å². The van der Waals surface area contributed by atoms with Crippen LogP contribution in [0.15, 0.2) is 0 Å². The highest BCUT2D eigenvalue weighted by Gasteiger charge is 2.34. The second-order valence-corrected chi connectivity index (χ2v) is 6.01. The third-order valence-electron chi connectivity index (χ3n) is 4.73. The lowest BCUT2D eigenvalue weighted by atomic mass is 9.97. The van der Waals surface area contributed by atoms with E-state index < -0.39 is 0 Å². The molecule has 0 radical (unpaired) electrons. The molecule has 3 heterocycles. The monoisotopic (exact) mass is 265 g/mol. The predicted molar refractivity (Wildman–Crippen MR) is 71.5 cm³/mol. The molecule has 2 unspecified atom stereocenters. The molecular formula is C14H23N3O2. The van der Waals surface area contributed by atoms with Gasteiger partial charge < -0.3 is 10.2 Å². The van der Waals surface area contributed by atoms with Gasteiger partial charge in [0.05, 0.1) is 5.92 Å². The first-order chi connectivity index (χ1) is 9.24. The van der Waals surface area contributed by atoms with Gasteiger partial charge in [0.1, 0.15) is 0 Å². The van der Waals surface area contributed by atoms with Crippen molar-refractivity contribution in [3.8, 4) is 0 Å². The SMILES string of the molecule is O=C1CCC(C(=O)N2CCCN3CCCC3C2)CN1. The van der Waals surface area contributed by atoms with E-state index in [-0.39, 0.29) is 17.7 Å². The van der Waals surface area contributed by atoms with E-state index in [1.165, 1.54) is 19.4 Å². The van der Waals surface area contributed by atoms with Crippen LogP contribution in [0.25, 0.3) is 0 Å². The predicted octanol–water partition coefficient (Wildman–Crippen LogP) is 0.209. The largest absolute Gasteiger partial charge is 0.355 e. The zero-order valence-electron chi connectivity index (χ0n) is 11.4. The number of rotatable bonds is 1. The highest BCUT2D eigenvalue weighted by molar-refractivity contribution is 5.83. The van der Waals surface area contributed by atoms with E-state index in [0.717, 1.165) is 32.5 Å². The highest BCUT2D eigenvalue weighted by atomic mass is 16.2. The number of piperidine rings is 1. The lowest BCUT2D eigenvalue weighted by Gasteiger charge is -2.30. The minimum Gasteiger partial charge on any atom is -0.355 e. The molecule has 3 fully saturated rings. The second-order valence-electron chi connectivity index (χ2n) is 6.01. The molecule has 0 aromatic heterocycles. The molecule has 0 spiro atoms. The summed E-state index contributed by atoms with van der Waals surface area (Å²) >= 11 is 0. The zero-order chi connectivity index (χ0) is 13.2. The van der Waals surface area contributed by atoms with Gasteiger partial charge >= 0.3 is 0 Å². The number of hydrogen-bond donors (Lipinski definition) is 1. The van der Waals surface area contributed by atoms with E-state index in [1.807, 2.05) is 0 Å². The molecule has 0 aromatic rings. The first kappa shape index (κ1) is 12.9. The van der Waals surface area contributed by atoms with Crippen LogP contribution >= 0.6 is 0 Å². The number of nitrogens with zero attached hydrogens (tertiary/aromatic N) is 2. The number of amides is 2. The Morgan fingerprint density at radius 3 is 2.79 bits per heavy atom. The van der Waals surface area contributed by atoms with Crippen LogP contribution in [0, 0.1) is 5.92 Å². The summed E-state index contributed by atoms with van der Waals surface area (Å²) < 4.78 is 0. The van der Waals surface area contributed by atoms with Gasteiger partial charge in [-0.2, -0.15) is 0 Å². The maximum atomic E-state index is 12.6. The molecule has 106 valence electrons. The quantitative estimate of drug-likeness (QED) is 0.737. The molecule has 3 saturated heterocycles. The van der Waals surface area contributed by atoms with Gasteiger partial charge in [0.2, 0.25) is 11.8 Å². The van der Waals surface area contributed by atoms with Crippen molar-refractivity contribution in [2.24, 2.45) is 5.92 Å². The number of carbonyl (C=O) groups excluding carboxylic acids is 2. The lowest BCUT2D eigenvalue weighted by Crippen LogP contribution is -2.47. The van der Waals surface area contributed by atoms with E-state index in [1.54, 1.807) is 0 Å². The molecule has 0 aromatic carbocycles. The molecule has 3 rings (SSSR count). The number of fused-ring (bicyclic) bond motifs is 1. The summed E-state index contributed by atoms with van der Waals surface area (Å²) in [5.41, 5.74) is 0. The van der Waals surface area contributed by atoms with Crippen LogP contribution in [0.2, 0.25) is 0 Å². The van der Waals surface area contributed by atoms with Gasteiger partial charge in [-0.1, -0.05) is 0 Å². The average molecular weight is 265 g/mol. The molecule has 3 aliphatic heterocycles. The molecule has 5 nitrogen and oxygen atoms in total. The molecular weight excluding hydrogens is 242 g/mol. The summed E-state index contributed by atoms with van der Waals surface area (Å²) in [5.74, 6) is 0.348. The fraction of sp³-hybridized carbons (Fsp3) is 0.857. The topological polar surface area (TPSA) is 52.7 Å². The van der Waals surface area contributed by atoms with Crippen LogP contribution in [0.1, 0.15) is 32.1 Å². The van der Waals surface area contributed by atoms with Crippen molar-refractivity contribution in [1.82, 2.24) is 15.1 Å².